The molecule has 0 bridgehead atoms. The van der Waals surface area contributed by atoms with Gasteiger partial charge < -0.3 is 0 Å². The first-order valence-corrected chi connectivity index (χ1v) is 6.44. The van der Waals surface area contributed by atoms with Crippen LogP contribution >= 0.6 is 27.3 Å². The number of halogens is 1. The van der Waals surface area contributed by atoms with E-state index in [-0.39, 0.29) is 11.8 Å². The minimum atomic E-state index is -0.0411. The molecule has 0 saturated heterocycles. The summed E-state index contributed by atoms with van der Waals surface area (Å²) in [4.78, 5) is 16.7. The van der Waals surface area contributed by atoms with Crippen LogP contribution in [0.1, 0.15) is 35.3 Å². The van der Waals surface area contributed by atoms with Gasteiger partial charge in [0.1, 0.15) is 5.69 Å². The third-order valence-corrected chi connectivity index (χ3v) is 3.46. The van der Waals surface area contributed by atoms with Gasteiger partial charge in [-0.2, -0.15) is 5.10 Å². The van der Waals surface area contributed by atoms with Crippen molar-refractivity contribution in [3.8, 4) is 0 Å². The molecule has 2 rings (SSSR count). The van der Waals surface area contributed by atoms with Gasteiger partial charge in [0.25, 0.3) is 0 Å². The molecule has 0 aliphatic rings. The van der Waals surface area contributed by atoms with Crippen molar-refractivity contribution in [2.75, 3.05) is 0 Å². The lowest BCUT2D eigenvalue weighted by Crippen LogP contribution is -2.13. The minimum absolute atomic E-state index is 0.0411. The summed E-state index contributed by atoms with van der Waals surface area (Å²) >= 11 is 4.69. The highest BCUT2D eigenvalue weighted by molar-refractivity contribution is 9.10. The van der Waals surface area contributed by atoms with Crippen LogP contribution in [0, 0.1) is 0 Å². The van der Waals surface area contributed by atoms with E-state index in [2.05, 4.69) is 26.0 Å². The van der Waals surface area contributed by atoms with Crippen molar-refractivity contribution in [2.24, 2.45) is 0 Å². The maximum Gasteiger partial charge on any atom is 0.223 e. The van der Waals surface area contributed by atoms with Crippen molar-refractivity contribution >= 4 is 33.0 Å². The maximum absolute atomic E-state index is 12.2. The molecule has 84 valence electrons. The van der Waals surface area contributed by atoms with E-state index in [1.165, 1.54) is 11.3 Å². The van der Waals surface area contributed by atoms with Crippen LogP contribution in [0.2, 0.25) is 0 Å². The second-order valence-corrected chi connectivity index (χ2v) is 5.31. The topological polar surface area (TPSA) is 47.8 Å². The lowest BCUT2D eigenvalue weighted by Gasteiger charge is -2.09. The maximum atomic E-state index is 12.2. The first kappa shape index (κ1) is 11.5. The summed E-state index contributed by atoms with van der Waals surface area (Å²) in [5, 5.41) is 4.18. The molecule has 0 aliphatic heterocycles. The average molecular weight is 300 g/mol. The molecule has 16 heavy (non-hydrogen) atoms. The SMILES string of the molecule is CC(C)n1ncc(Br)c1C(=O)c1cncs1. The van der Waals surface area contributed by atoms with Crippen LogP contribution in [0.4, 0.5) is 0 Å². The predicted octanol–water partition coefficient (Wildman–Crippen LogP) is 2.91. The van der Waals surface area contributed by atoms with Gasteiger partial charge in [0.2, 0.25) is 5.78 Å². The average Bonchev–Trinajstić information content (AvgIpc) is 2.84. The fourth-order valence-electron chi connectivity index (χ4n) is 1.39. The number of ketones is 1. The number of hydrogen-bond acceptors (Lipinski definition) is 4. The molecule has 2 heterocycles. The molecule has 0 aliphatic carbocycles. The van der Waals surface area contributed by atoms with Crippen LogP contribution in [0.5, 0.6) is 0 Å². The number of carbonyl (C=O) groups excluding carboxylic acids is 1. The van der Waals surface area contributed by atoms with Crippen molar-refractivity contribution in [3.05, 3.63) is 32.9 Å². The Morgan fingerprint density at radius 1 is 1.50 bits per heavy atom. The number of rotatable bonds is 3. The number of carbonyl (C=O) groups is 1. The van der Waals surface area contributed by atoms with Crippen molar-refractivity contribution in [1.82, 2.24) is 14.8 Å². The van der Waals surface area contributed by atoms with Gasteiger partial charge in [-0.1, -0.05) is 0 Å². The van der Waals surface area contributed by atoms with Crippen molar-refractivity contribution in [2.45, 2.75) is 19.9 Å². The third-order valence-electron chi connectivity index (χ3n) is 2.11. The largest absolute Gasteiger partial charge is 0.286 e. The zero-order chi connectivity index (χ0) is 11.7. The summed E-state index contributed by atoms with van der Waals surface area (Å²) in [7, 11) is 0. The molecule has 6 heteroatoms. The molecule has 0 aromatic carbocycles. The Bertz CT molecular complexity index is 504. The van der Waals surface area contributed by atoms with Crippen molar-refractivity contribution < 1.29 is 4.79 Å². The second-order valence-electron chi connectivity index (χ2n) is 3.57. The molecule has 0 N–H and O–H groups in total. The van der Waals surface area contributed by atoms with Crippen LogP contribution in [0.25, 0.3) is 0 Å². The van der Waals surface area contributed by atoms with E-state index in [9.17, 15) is 4.79 Å². The summed E-state index contributed by atoms with van der Waals surface area (Å²) in [6.45, 7) is 3.98. The normalized spacial score (nSPS) is 11.0. The van der Waals surface area contributed by atoms with Crippen LogP contribution in [0.3, 0.4) is 0 Å². The van der Waals surface area contributed by atoms with E-state index in [1.807, 2.05) is 13.8 Å². The summed E-state index contributed by atoms with van der Waals surface area (Å²) < 4.78 is 2.44. The molecule has 0 amide bonds. The molecule has 2 aromatic heterocycles. The number of hydrogen-bond donors (Lipinski definition) is 0. The Morgan fingerprint density at radius 2 is 2.25 bits per heavy atom. The lowest BCUT2D eigenvalue weighted by molar-refractivity contribution is 0.103. The van der Waals surface area contributed by atoms with Crippen LogP contribution < -0.4 is 0 Å². The Hall–Kier alpha value is -1.01. The van der Waals surface area contributed by atoms with Gasteiger partial charge in [-0.15, -0.1) is 11.3 Å². The van der Waals surface area contributed by atoms with E-state index in [0.717, 1.165) is 4.47 Å². The fourth-order valence-corrected chi connectivity index (χ4v) is 2.40. The van der Waals surface area contributed by atoms with Gasteiger partial charge in [0, 0.05) is 12.2 Å². The van der Waals surface area contributed by atoms with E-state index in [0.29, 0.717) is 10.6 Å². The molecule has 2 aromatic rings. The first-order valence-electron chi connectivity index (χ1n) is 4.77. The molecular weight excluding hydrogens is 290 g/mol. The molecule has 0 unspecified atom stereocenters. The van der Waals surface area contributed by atoms with Crippen molar-refractivity contribution in [3.63, 3.8) is 0 Å². The molecular formula is C10H10BrN3OS. The van der Waals surface area contributed by atoms with E-state index in [4.69, 9.17) is 0 Å². The number of nitrogens with zero attached hydrogens (tertiary/aromatic N) is 3. The fraction of sp³-hybridized carbons (Fsp3) is 0.300. The zero-order valence-electron chi connectivity index (χ0n) is 8.85. The van der Waals surface area contributed by atoms with E-state index in [1.54, 1.807) is 22.6 Å². The Morgan fingerprint density at radius 3 is 2.81 bits per heavy atom. The van der Waals surface area contributed by atoms with Gasteiger partial charge in [0.15, 0.2) is 0 Å². The Balaban J connectivity index is 2.48. The number of thiazole rings is 1. The summed E-state index contributed by atoms with van der Waals surface area (Å²) in [5.74, 6) is -0.0411. The lowest BCUT2D eigenvalue weighted by atomic mass is 10.2. The third kappa shape index (κ3) is 1.94. The molecule has 4 nitrogen and oxygen atoms in total. The monoisotopic (exact) mass is 299 g/mol. The van der Waals surface area contributed by atoms with Gasteiger partial charge in [0.05, 0.1) is 21.1 Å². The van der Waals surface area contributed by atoms with Crippen LogP contribution in [-0.2, 0) is 0 Å². The highest BCUT2D eigenvalue weighted by atomic mass is 79.9. The first-order chi connectivity index (χ1) is 7.61. The summed E-state index contributed by atoms with van der Waals surface area (Å²) in [6, 6.07) is 0.151. The zero-order valence-corrected chi connectivity index (χ0v) is 11.2. The minimum Gasteiger partial charge on any atom is -0.286 e. The Kier molecular flexibility index (Phi) is 3.20. The van der Waals surface area contributed by atoms with Crippen LogP contribution in [-0.4, -0.2) is 20.5 Å². The molecule has 0 saturated carbocycles. The van der Waals surface area contributed by atoms with Gasteiger partial charge >= 0.3 is 0 Å². The predicted molar refractivity (Wildman–Crippen MR) is 65.9 cm³/mol. The molecule has 0 radical (unpaired) electrons. The molecule has 0 fully saturated rings. The van der Waals surface area contributed by atoms with Crippen molar-refractivity contribution in [1.29, 1.82) is 0 Å². The Labute approximate surface area is 105 Å². The highest BCUT2D eigenvalue weighted by Crippen LogP contribution is 2.23. The second kappa shape index (κ2) is 4.47. The van der Waals surface area contributed by atoms with E-state index < -0.39 is 0 Å². The summed E-state index contributed by atoms with van der Waals surface area (Å²) in [5.41, 5.74) is 2.23. The number of aromatic nitrogens is 3. The highest BCUT2D eigenvalue weighted by Gasteiger charge is 2.21. The standard InChI is InChI=1S/C10H10BrN3OS/c1-6(2)14-9(7(11)3-13-14)10(15)8-4-12-5-16-8/h3-6H,1-2H3. The van der Waals surface area contributed by atoms with Crippen LogP contribution in [0.15, 0.2) is 22.4 Å². The quantitative estimate of drug-likeness (QED) is 0.819. The molecule has 0 spiro atoms. The summed E-state index contributed by atoms with van der Waals surface area (Å²) in [6.07, 6.45) is 3.23. The van der Waals surface area contributed by atoms with Gasteiger partial charge in [-0.25, -0.2) is 0 Å². The smallest absolute Gasteiger partial charge is 0.223 e. The van der Waals surface area contributed by atoms with Gasteiger partial charge in [-0.3, -0.25) is 14.5 Å². The van der Waals surface area contributed by atoms with Gasteiger partial charge in [-0.05, 0) is 29.8 Å². The molecule has 0 atom stereocenters. The van der Waals surface area contributed by atoms with E-state index >= 15 is 0 Å².